The van der Waals surface area contributed by atoms with Crippen LogP contribution >= 0.6 is 0 Å². The molecule has 4 saturated heterocycles. The Kier molecular flexibility index (Phi) is 2.69. The van der Waals surface area contributed by atoms with Crippen molar-refractivity contribution in [3.8, 4) is 0 Å². The molecule has 0 radical (unpaired) electrons. The van der Waals surface area contributed by atoms with Crippen molar-refractivity contribution in [2.45, 2.75) is 5.41 Å². The van der Waals surface area contributed by atoms with Crippen molar-refractivity contribution in [1.29, 1.82) is 0 Å². The Morgan fingerprint density at radius 1 is 1.05 bits per heavy atom. The standard InChI is InChI=1S/C16H23N3/c17-8-15-13-9-18-6-7-19(10-13)12-16(15,11-18)14-4-2-1-3-5-14/h1-5,13,15H,6-12,17H2. The summed E-state index contributed by atoms with van der Waals surface area (Å²) in [6.07, 6.45) is 0. The highest BCUT2D eigenvalue weighted by Gasteiger charge is 2.54. The van der Waals surface area contributed by atoms with Crippen LogP contribution in [-0.2, 0) is 5.41 Å². The van der Waals surface area contributed by atoms with Gasteiger partial charge in [0.05, 0.1) is 0 Å². The number of nitrogens with zero attached hydrogens (tertiary/aromatic N) is 2. The van der Waals surface area contributed by atoms with Gasteiger partial charge in [-0.2, -0.15) is 0 Å². The maximum absolute atomic E-state index is 6.19. The minimum absolute atomic E-state index is 0.272. The Balaban J connectivity index is 1.83. The minimum Gasteiger partial charge on any atom is -0.330 e. The smallest absolute Gasteiger partial charge is 0.0251 e. The van der Waals surface area contributed by atoms with Gasteiger partial charge >= 0.3 is 0 Å². The highest BCUT2D eigenvalue weighted by Crippen LogP contribution is 2.46. The third-order valence-electron chi connectivity index (χ3n) is 5.61. The average Bonchev–Trinajstić information content (AvgIpc) is 2.68. The van der Waals surface area contributed by atoms with E-state index >= 15 is 0 Å². The molecule has 5 rings (SSSR count). The summed E-state index contributed by atoms with van der Waals surface area (Å²) in [6.45, 7) is 8.23. The van der Waals surface area contributed by atoms with Gasteiger partial charge in [0.15, 0.2) is 0 Å². The summed E-state index contributed by atoms with van der Waals surface area (Å²) in [4.78, 5) is 5.35. The first-order chi connectivity index (χ1) is 9.32. The van der Waals surface area contributed by atoms with Gasteiger partial charge in [0.1, 0.15) is 0 Å². The Hall–Kier alpha value is -0.900. The molecular weight excluding hydrogens is 234 g/mol. The van der Waals surface area contributed by atoms with Crippen LogP contribution in [0.25, 0.3) is 0 Å². The maximum Gasteiger partial charge on any atom is 0.0251 e. The predicted molar refractivity (Wildman–Crippen MR) is 77.0 cm³/mol. The molecule has 102 valence electrons. The molecule has 0 spiro atoms. The fraction of sp³-hybridized carbons (Fsp3) is 0.625. The molecule has 2 N–H and O–H groups in total. The van der Waals surface area contributed by atoms with E-state index < -0.39 is 0 Å². The quantitative estimate of drug-likeness (QED) is 0.849. The lowest BCUT2D eigenvalue weighted by Crippen LogP contribution is -2.64. The van der Waals surface area contributed by atoms with Crippen LogP contribution in [0.4, 0.5) is 0 Å². The van der Waals surface area contributed by atoms with Gasteiger partial charge in [-0.05, 0) is 23.9 Å². The van der Waals surface area contributed by atoms with Gasteiger partial charge in [-0.25, -0.2) is 0 Å². The van der Waals surface area contributed by atoms with Gasteiger partial charge in [0, 0.05) is 44.7 Å². The van der Waals surface area contributed by atoms with Gasteiger partial charge in [0.25, 0.3) is 0 Å². The van der Waals surface area contributed by atoms with E-state index in [4.69, 9.17) is 5.73 Å². The number of fused-ring (bicyclic) bond motifs is 1. The number of piperidine rings is 2. The summed E-state index contributed by atoms with van der Waals surface area (Å²) in [5, 5.41) is 0. The first-order valence-corrected chi connectivity index (χ1v) is 7.52. The van der Waals surface area contributed by atoms with E-state index in [-0.39, 0.29) is 5.41 Å². The monoisotopic (exact) mass is 257 g/mol. The number of rotatable bonds is 2. The molecule has 3 atom stereocenters. The highest BCUT2D eigenvalue weighted by molar-refractivity contribution is 5.31. The normalized spacial score (nSPS) is 44.3. The number of nitrogens with two attached hydrogens (primary N) is 1. The molecule has 0 amide bonds. The first-order valence-electron chi connectivity index (χ1n) is 7.52. The summed E-state index contributed by atoms with van der Waals surface area (Å²) >= 11 is 0. The molecule has 3 heteroatoms. The van der Waals surface area contributed by atoms with Gasteiger partial charge in [-0.3, -0.25) is 0 Å². The zero-order chi connectivity index (χ0) is 12.9. The summed E-state index contributed by atoms with van der Waals surface area (Å²) in [5.74, 6) is 1.41. The van der Waals surface area contributed by atoms with Crippen LogP contribution in [0.3, 0.4) is 0 Å². The Morgan fingerprint density at radius 2 is 1.68 bits per heavy atom. The van der Waals surface area contributed by atoms with E-state index in [2.05, 4.69) is 40.1 Å². The van der Waals surface area contributed by atoms with Crippen molar-refractivity contribution >= 4 is 0 Å². The fourth-order valence-electron chi connectivity index (χ4n) is 4.85. The molecule has 1 aromatic carbocycles. The van der Waals surface area contributed by atoms with Crippen molar-refractivity contribution < 1.29 is 0 Å². The Bertz CT molecular complexity index is 442. The van der Waals surface area contributed by atoms with Crippen molar-refractivity contribution in [3.63, 3.8) is 0 Å². The summed E-state index contributed by atoms with van der Waals surface area (Å²) < 4.78 is 0. The molecule has 3 unspecified atom stereocenters. The van der Waals surface area contributed by atoms with Gasteiger partial charge in [-0.15, -0.1) is 0 Å². The highest BCUT2D eigenvalue weighted by atomic mass is 15.3. The molecule has 0 saturated carbocycles. The molecule has 19 heavy (non-hydrogen) atoms. The molecule has 4 fully saturated rings. The van der Waals surface area contributed by atoms with Crippen molar-refractivity contribution in [3.05, 3.63) is 35.9 Å². The molecule has 1 aromatic rings. The minimum atomic E-state index is 0.272. The summed E-state index contributed by atoms with van der Waals surface area (Å²) in [7, 11) is 0. The molecule has 4 aliphatic rings. The lowest BCUT2D eigenvalue weighted by Gasteiger charge is -2.55. The van der Waals surface area contributed by atoms with Crippen molar-refractivity contribution in [1.82, 2.24) is 9.80 Å². The van der Waals surface area contributed by atoms with Crippen LogP contribution in [0.2, 0.25) is 0 Å². The molecule has 4 heterocycles. The molecule has 0 aromatic heterocycles. The van der Waals surface area contributed by atoms with Gasteiger partial charge in [0.2, 0.25) is 0 Å². The molecular formula is C16H23N3. The number of benzene rings is 1. The number of hydrogen-bond acceptors (Lipinski definition) is 3. The molecule has 4 aliphatic heterocycles. The lowest BCUT2D eigenvalue weighted by molar-refractivity contribution is -0.00236. The van der Waals surface area contributed by atoms with E-state index in [1.807, 2.05) is 0 Å². The predicted octanol–water partition coefficient (Wildman–Crippen LogP) is 0.760. The molecule has 0 aliphatic carbocycles. The van der Waals surface area contributed by atoms with Crippen LogP contribution in [0.15, 0.2) is 30.3 Å². The largest absolute Gasteiger partial charge is 0.330 e. The van der Waals surface area contributed by atoms with E-state index in [0.717, 1.165) is 12.5 Å². The third-order valence-corrected chi connectivity index (χ3v) is 5.61. The van der Waals surface area contributed by atoms with Gasteiger partial charge in [-0.1, -0.05) is 30.3 Å². The second-order valence-electron chi connectivity index (χ2n) is 6.59. The lowest BCUT2D eigenvalue weighted by atomic mass is 9.60. The second-order valence-corrected chi connectivity index (χ2v) is 6.59. The SMILES string of the molecule is NCC1C2CN3CCN(C2)CC1(c1ccccc1)C3. The topological polar surface area (TPSA) is 32.5 Å². The van der Waals surface area contributed by atoms with Gasteiger partial charge < -0.3 is 15.5 Å². The van der Waals surface area contributed by atoms with Crippen molar-refractivity contribution in [2.24, 2.45) is 17.6 Å². The fourth-order valence-corrected chi connectivity index (χ4v) is 4.85. The van der Waals surface area contributed by atoms with Crippen LogP contribution in [0.5, 0.6) is 0 Å². The van der Waals surface area contributed by atoms with E-state index in [0.29, 0.717) is 5.92 Å². The van der Waals surface area contributed by atoms with Crippen LogP contribution in [0, 0.1) is 11.8 Å². The Morgan fingerprint density at radius 3 is 2.26 bits per heavy atom. The average molecular weight is 257 g/mol. The number of hydrogen-bond donors (Lipinski definition) is 1. The third kappa shape index (κ3) is 1.69. The van der Waals surface area contributed by atoms with Crippen LogP contribution in [-0.4, -0.2) is 55.6 Å². The zero-order valence-electron chi connectivity index (χ0n) is 11.5. The molecule has 4 bridgehead atoms. The summed E-state index contributed by atoms with van der Waals surface area (Å²) in [6, 6.07) is 11.1. The zero-order valence-corrected chi connectivity index (χ0v) is 11.5. The van der Waals surface area contributed by atoms with E-state index in [1.165, 1.54) is 44.8 Å². The second kappa shape index (κ2) is 4.30. The molecule has 3 nitrogen and oxygen atoms in total. The maximum atomic E-state index is 6.19. The first kappa shape index (κ1) is 11.9. The van der Waals surface area contributed by atoms with E-state index in [1.54, 1.807) is 0 Å². The van der Waals surface area contributed by atoms with Crippen LogP contribution < -0.4 is 5.73 Å². The van der Waals surface area contributed by atoms with E-state index in [9.17, 15) is 0 Å². The van der Waals surface area contributed by atoms with Crippen molar-refractivity contribution in [2.75, 3.05) is 45.8 Å². The van der Waals surface area contributed by atoms with Crippen LogP contribution in [0.1, 0.15) is 5.56 Å². The summed E-state index contributed by atoms with van der Waals surface area (Å²) in [5.41, 5.74) is 7.97. The Labute approximate surface area is 115 Å².